The van der Waals surface area contributed by atoms with Crippen LogP contribution in [0.4, 0.5) is 0 Å². The lowest BCUT2D eigenvalue weighted by Crippen LogP contribution is -2.25. The van der Waals surface area contributed by atoms with Crippen molar-refractivity contribution >= 4 is 5.78 Å². The summed E-state index contributed by atoms with van der Waals surface area (Å²) in [6.07, 6.45) is 12.1. The molecule has 2 unspecified atom stereocenters. The van der Waals surface area contributed by atoms with Gasteiger partial charge in [0.2, 0.25) is 0 Å². The van der Waals surface area contributed by atoms with Gasteiger partial charge >= 0.3 is 0 Å². The number of benzene rings is 1. The number of ketones is 1. The Morgan fingerprint density at radius 2 is 1.81 bits per heavy atom. The molecule has 0 aliphatic heterocycles. The van der Waals surface area contributed by atoms with Gasteiger partial charge in [-0.1, -0.05) is 42.5 Å². The first-order valence-corrected chi connectivity index (χ1v) is 10.1. The van der Waals surface area contributed by atoms with Crippen LogP contribution < -0.4 is 0 Å². The topological polar surface area (TPSA) is 26.3 Å². The van der Waals surface area contributed by atoms with Crippen LogP contribution in [0.15, 0.2) is 53.8 Å². The largest absolute Gasteiger partial charge is 0.500 e. The van der Waals surface area contributed by atoms with Crippen molar-refractivity contribution in [2.45, 2.75) is 51.9 Å². The van der Waals surface area contributed by atoms with Crippen molar-refractivity contribution < 1.29 is 9.53 Å². The van der Waals surface area contributed by atoms with Gasteiger partial charge in [0.25, 0.3) is 0 Å². The van der Waals surface area contributed by atoms with Gasteiger partial charge in [0.05, 0.1) is 12.5 Å². The molecule has 26 heavy (non-hydrogen) atoms. The molecule has 0 aromatic heterocycles. The summed E-state index contributed by atoms with van der Waals surface area (Å²) in [7, 11) is 1.74. The molecule has 0 N–H and O–H groups in total. The average Bonchev–Trinajstić information content (AvgIpc) is 3.40. The van der Waals surface area contributed by atoms with E-state index in [4.69, 9.17) is 4.74 Å². The second kappa shape index (κ2) is 7.06. The molecule has 138 valence electrons. The van der Waals surface area contributed by atoms with Crippen LogP contribution in [0.1, 0.15) is 51.0 Å². The molecule has 2 fully saturated rings. The van der Waals surface area contributed by atoms with Gasteiger partial charge in [0.15, 0.2) is 0 Å². The Balaban J connectivity index is 1.29. The molecule has 2 heteroatoms. The van der Waals surface area contributed by atoms with Crippen LogP contribution in [0.3, 0.4) is 0 Å². The smallest absolute Gasteiger partial charge is 0.143 e. The minimum atomic E-state index is -0.230. The van der Waals surface area contributed by atoms with Crippen LogP contribution >= 0.6 is 0 Å². The Morgan fingerprint density at radius 3 is 2.50 bits per heavy atom. The van der Waals surface area contributed by atoms with E-state index >= 15 is 0 Å². The van der Waals surface area contributed by atoms with Crippen LogP contribution in [-0.4, -0.2) is 12.9 Å². The third kappa shape index (κ3) is 3.26. The molecule has 2 atom stereocenters. The van der Waals surface area contributed by atoms with Gasteiger partial charge in [-0.2, -0.15) is 0 Å². The highest BCUT2D eigenvalue weighted by Crippen LogP contribution is 2.62. The lowest BCUT2D eigenvalue weighted by molar-refractivity contribution is -0.124. The van der Waals surface area contributed by atoms with Crippen LogP contribution in [0.2, 0.25) is 0 Å². The first-order valence-electron chi connectivity index (χ1n) is 10.1. The SMILES string of the molecule is COC1=C(C)C=CC2(C(=O)CC3CCC(Cc4ccccc4)CC3)CC12. The van der Waals surface area contributed by atoms with E-state index in [9.17, 15) is 4.79 Å². The monoisotopic (exact) mass is 350 g/mol. The number of Topliss-reactive ketones (excluding diaryl/α,β-unsaturated/α-hetero) is 1. The van der Waals surface area contributed by atoms with Crippen molar-refractivity contribution in [2.75, 3.05) is 7.11 Å². The fraction of sp³-hybridized carbons (Fsp3) is 0.542. The number of ether oxygens (including phenoxy) is 1. The summed E-state index contributed by atoms with van der Waals surface area (Å²) >= 11 is 0. The molecule has 0 saturated heterocycles. The zero-order valence-corrected chi connectivity index (χ0v) is 16.0. The van der Waals surface area contributed by atoms with Crippen molar-refractivity contribution in [1.29, 1.82) is 0 Å². The highest BCUT2D eigenvalue weighted by molar-refractivity contribution is 5.91. The predicted octanol–water partition coefficient (Wildman–Crippen LogP) is 5.49. The number of carbonyl (C=O) groups excluding carboxylic acids is 1. The van der Waals surface area contributed by atoms with E-state index in [2.05, 4.69) is 49.4 Å². The summed E-state index contributed by atoms with van der Waals surface area (Å²) in [4.78, 5) is 13.0. The first-order chi connectivity index (χ1) is 12.6. The van der Waals surface area contributed by atoms with E-state index in [0.29, 0.717) is 17.6 Å². The van der Waals surface area contributed by atoms with Gasteiger partial charge in [0.1, 0.15) is 11.5 Å². The quantitative estimate of drug-likeness (QED) is 0.678. The Kier molecular flexibility index (Phi) is 4.77. The third-order valence-electron chi connectivity index (χ3n) is 6.89. The molecule has 0 amide bonds. The van der Waals surface area contributed by atoms with Crippen molar-refractivity contribution in [3.63, 3.8) is 0 Å². The number of hydrogen-bond acceptors (Lipinski definition) is 2. The Morgan fingerprint density at radius 1 is 1.12 bits per heavy atom. The molecule has 0 bridgehead atoms. The fourth-order valence-electron chi connectivity index (χ4n) is 5.16. The molecule has 0 radical (unpaired) electrons. The summed E-state index contributed by atoms with van der Waals surface area (Å²) in [5.41, 5.74) is 2.40. The minimum Gasteiger partial charge on any atom is -0.500 e. The first kappa shape index (κ1) is 17.6. The van der Waals surface area contributed by atoms with Gasteiger partial charge in [0, 0.05) is 12.3 Å². The fourth-order valence-corrected chi connectivity index (χ4v) is 5.16. The zero-order chi connectivity index (χ0) is 18.1. The molecule has 3 aliphatic rings. The molecule has 0 heterocycles. The number of fused-ring (bicyclic) bond motifs is 1. The average molecular weight is 351 g/mol. The summed E-state index contributed by atoms with van der Waals surface area (Å²) in [6, 6.07) is 10.8. The molecule has 2 saturated carbocycles. The lowest BCUT2D eigenvalue weighted by atomic mass is 9.75. The predicted molar refractivity (Wildman–Crippen MR) is 105 cm³/mol. The van der Waals surface area contributed by atoms with E-state index in [1.807, 2.05) is 0 Å². The maximum absolute atomic E-state index is 13.0. The van der Waals surface area contributed by atoms with Crippen molar-refractivity contribution in [3.05, 3.63) is 59.4 Å². The molecule has 0 spiro atoms. The molecule has 3 aliphatic carbocycles. The second-order valence-corrected chi connectivity index (χ2v) is 8.59. The van der Waals surface area contributed by atoms with Crippen LogP contribution in [0.5, 0.6) is 0 Å². The van der Waals surface area contributed by atoms with Crippen LogP contribution in [0.25, 0.3) is 0 Å². The third-order valence-corrected chi connectivity index (χ3v) is 6.89. The van der Waals surface area contributed by atoms with E-state index in [-0.39, 0.29) is 5.41 Å². The molecule has 1 aromatic rings. The van der Waals surface area contributed by atoms with Gasteiger partial charge in [-0.25, -0.2) is 0 Å². The second-order valence-electron chi connectivity index (χ2n) is 8.59. The summed E-state index contributed by atoms with van der Waals surface area (Å²) in [6.45, 7) is 2.08. The molecule has 4 rings (SSSR count). The van der Waals surface area contributed by atoms with E-state index in [0.717, 1.165) is 24.5 Å². The Bertz CT molecular complexity index is 722. The number of allylic oxidation sites excluding steroid dienone is 4. The van der Waals surface area contributed by atoms with E-state index < -0.39 is 0 Å². The molecular formula is C24H30O2. The van der Waals surface area contributed by atoms with Crippen LogP contribution in [-0.2, 0) is 16.0 Å². The number of carbonyl (C=O) groups is 1. The molecular weight excluding hydrogens is 320 g/mol. The lowest BCUT2D eigenvalue weighted by Gasteiger charge is -2.29. The normalized spacial score (nSPS) is 32.9. The number of hydrogen-bond donors (Lipinski definition) is 0. The Labute approximate surface area is 157 Å². The summed E-state index contributed by atoms with van der Waals surface area (Å²) < 4.78 is 5.57. The minimum absolute atomic E-state index is 0.230. The molecule has 2 nitrogen and oxygen atoms in total. The highest BCUT2D eigenvalue weighted by Gasteiger charge is 2.61. The van der Waals surface area contributed by atoms with Gasteiger partial charge in [-0.05, 0) is 68.4 Å². The van der Waals surface area contributed by atoms with Crippen LogP contribution in [0, 0.1) is 23.2 Å². The maximum atomic E-state index is 13.0. The van der Waals surface area contributed by atoms with Crippen molar-refractivity contribution in [2.24, 2.45) is 23.2 Å². The van der Waals surface area contributed by atoms with E-state index in [1.165, 1.54) is 43.2 Å². The number of rotatable bonds is 6. The summed E-state index contributed by atoms with van der Waals surface area (Å²) in [5, 5.41) is 0. The molecule has 1 aromatic carbocycles. The Hall–Kier alpha value is -1.83. The van der Waals surface area contributed by atoms with Crippen molar-refractivity contribution in [3.8, 4) is 0 Å². The highest BCUT2D eigenvalue weighted by atomic mass is 16.5. The maximum Gasteiger partial charge on any atom is 0.143 e. The number of methoxy groups -OCH3 is 1. The van der Waals surface area contributed by atoms with Crippen molar-refractivity contribution in [1.82, 2.24) is 0 Å². The standard InChI is InChI=1S/C24H30O2/c1-17-12-13-24(16-21(24)23(17)26-2)22(25)15-20-10-8-19(9-11-20)14-18-6-4-3-5-7-18/h3-7,12-13,19-21H,8-11,14-16H2,1-2H3. The van der Waals surface area contributed by atoms with Gasteiger partial charge in [-0.3, -0.25) is 4.79 Å². The van der Waals surface area contributed by atoms with Gasteiger partial charge < -0.3 is 4.74 Å². The summed E-state index contributed by atoms with van der Waals surface area (Å²) in [5.74, 6) is 3.16. The zero-order valence-electron chi connectivity index (χ0n) is 16.0. The van der Waals surface area contributed by atoms with Gasteiger partial charge in [-0.15, -0.1) is 0 Å². The van der Waals surface area contributed by atoms with E-state index in [1.54, 1.807) is 7.11 Å².